The molecule has 1 N–H and O–H groups in total. The molecule has 18 heavy (non-hydrogen) atoms. The largest absolute Gasteiger partial charge is 0.375 e. The predicted molar refractivity (Wildman–Crippen MR) is 73.7 cm³/mol. The van der Waals surface area contributed by atoms with E-state index in [9.17, 15) is 0 Å². The van der Waals surface area contributed by atoms with Crippen LogP contribution in [0.3, 0.4) is 0 Å². The zero-order valence-corrected chi connectivity index (χ0v) is 11.6. The third kappa shape index (κ3) is 1.98. The van der Waals surface area contributed by atoms with E-state index in [1.165, 1.54) is 36.0 Å². The minimum absolute atomic E-state index is 0.444. The number of nitrogens with one attached hydrogen (secondary N) is 1. The molecule has 0 aliphatic carbocycles. The van der Waals surface area contributed by atoms with Gasteiger partial charge in [0.05, 0.1) is 12.2 Å². The molecule has 0 saturated carbocycles. The molecule has 1 aromatic carbocycles. The Balaban J connectivity index is 1.85. The van der Waals surface area contributed by atoms with E-state index < -0.39 is 0 Å². The molecule has 4 atom stereocenters. The molecule has 0 amide bonds. The second kappa shape index (κ2) is 4.67. The van der Waals surface area contributed by atoms with Crippen LogP contribution < -0.4 is 5.32 Å². The molecule has 0 radical (unpaired) electrons. The maximum absolute atomic E-state index is 6.00. The highest BCUT2D eigenvalue weighted by Crippen LogP contribution is 2.44. The van der Waals surface area contributed by atoms with Crippen LogP contribution in [0.4, 0.5) is 0 Å². The number of ether oxygens (including phenoxy) is 1. The van der Waals surface area contributed by atoms with Gasteiger partial charge in [-0.3, -0.25) is 0 Å². The van der Waals surface area contributed by atoms with Crippen molar-refractivity contribution in [2.75, 3.05) is 7.05 Å². The summed E-state index contributed by atoms with van der Waals surface area (Å²) in [4.78, 5) is 0. The van der Waals surface area contributed by atoms with E-state index in [1.807, 2.05) is 0 Å². The Labute approximate surface area is 110 Å². The van der Waals surface area contributed by atoms with Crippen molar-refractivity contribution in [3.05, 3.63) is 34.9 Å². The minimum Gasteiger partial charge on any atom is -0.375 e. The summed E-state index contributed by atoms with van der Waals surface area (Å²) in [5.41, 5.74) is 4.18. The quantitative estimate of drug-likeness (QED) is 0.883. The summed E-state index contributed by atoms with van der Waals surface area (Å²) < 4.78 is 6.00. The summed E-state index contributed by atoms with van der Waals surface area (Å²) in [5, 5.41) is 3.51. The topological polar surface area (TPSA) is 21.3 Å². The van der Waals surface area contributed by atoms with E-state index >= 15 is 0 Å². The first kappa shape index (κ1) is 12.2. The normalized spacial score (nSPS) is 31.8. The number of benzene rings is 1. The monoisotopic (exact) mass is 245 g/mol. The molecule has 2 saturated heterocycles. The summed E-state index contributed by atoms with van der Waals surface area (Å²) in [7, 11) is 2.08. The zero-order valence-electron chi connectivity index (χ0n) is 11.6. The van der Waals surface area contributed by atoms with Crippen molar-refractivity contribution < 1.29 is 4.74 Å². The standard InChI is InChI=1S/C16H23NO/c1-10-4-5-12(8-11(10)2)16(17-3)14-9-13-6-7-15(14)18-13/h4-5,8,13-17H,6-7,9H2,1-3H3. The third-order valence-electron chi connectivity index (χ3n) is 4.78. The zero-order chi connectivity index (χ0) is 12.7. The number of aryl methyl sites for hydroxylation is 2. The van der Waals surface area contributed by atoms with Crippen LogP contribution in [0.5, 0.6) is 0 Å². The van der Waals surface area contributed by atoms with Crippen molar-refractivity contribution in [3.63, 3.8) is 0 Å². The Bertz CT molecular complexity index is 443. The Morgan fingerprint density at radius 3 is 2.61 bits per heavy atom. The van der Waals surface area contributed by atoms with Gasteiger partial charge in [-0.05, 0) is 56.8 Å². The van der Waals surface area contributed by atoms with Crippen LogP contribution in [-0.2, 0) is 4.74 Å². The van der Waals surface area contributed by atoms with Gasteiger partial charge >= 0.3 is 0 Å². The smallest absolute Gasteiger partial charge is 0.0627 e. The molecule has 2 nitrogen and oxygen atoms in total. The highest BCUT2D eigenvalue weighted by atomic mass is 16.5. The maximum Gasteiger partial charge on any atom is 0.0627 e. The SMILES string of the molecule is CNC(c1ccc(C)c(C)c1)C1CC2CCC1O2. The van der Waals surface area contributed by atoms with Gasteiger partial charge in [0.25, 0.3) is 0 Å². The van der Waals surface area contributed by atoms with E-state index in [-0.39, 0.29) is 0 Å². The Morgan fingerprint density at radius 1 is 1.22 bits per heavy atom. The van der Waals surface area contributed by atoms with Gasteiger partial charge in [0.2, 0.25) is 0 Å². The highest BCUT2D eigenvalue weighted by molar-refractivity contribution is 5.32. The highest BCUT2D eigenvalue weighted by Gasteiger charge is 2.44. The van der Waals surface area contributed by atoms with E-state index in [0.717, 1.165) is 0 Å². The molecule has 4 unspecified atom stereocenters. The Morgan fingerprint density at radius 2 is 2.06 bits per heavy atom. The van der Waals surface area contributed by atoms with Gasteiger partial charge < -0.3 is 10.1 Å². The fourth-order valence-electron chi connectivity index (χ4n) is 3.61. The van der Waals surface area contributed by atoms with Gasteiger partial charge in [-0.1, -0.05) is 18.2 Å². The molecule has 0 aromatic heterocycles. The van der Waals surface area contributed by atoms with Crippen LogP contribution in [0, 0.1) is 19.8 Å². The molecule has 1 aromatic rings. The molecule has 2 fully saturated rings. The Kier molecular flexibility index (Phi) is 3.16. The average molecular weight is 245 g/mol. The van der Waals surface area contributed by atoms with E-state index in [4.69, 9.17) is 4.74 Å². The summed E-state index contributed by atoms with van der Waals surface area (Å²) in [6.07, 6.45) is 4.75. The molecule has 2 aliphatic heterocycles. The number of fused-ring (bicyclic) bond motifs is 2. The van der Waals surface area contributed by atoms with E-state index in [1.54, 1.807) is 0 Å². The second-order valence-corrected chi connectivity index (χ2v) is 5.88. The third-order valence-corrected chi connectivity index (χ3v) is 4.78. The number of rotatable bonds is 3. The fraction of sp³-hybridized carbons (Fsp3) is 0.625. The van der Waals surface area contributed by atoms with Gasteiger partial charge in [-0.2, -0.15) is 0 Å². The van der Waals surface area contributed by atoms with Crippen LogP contribution in [0.1, 0.15) is 42.0 Å². The molecule has 0 spiro atoms. The van der Waals surface area contributed by atoms with Gasteiger partial charge in [0.15, 0.2) is 0 Å². The fourth-order valence-corrected chi connectivity index (χ4v) is 3.61. The summed E-state index contributed by atoms with van der Waals surface area (Å²) in [5.74, 6) is 0.649. The lowest BCUT2D eigenvalue weighted by Crippen LogP contribution is -2.31. The molecule has 2 aliphatic rings. The second-order valence-electron chi connectivity index (χ2n) is 5.88. The lowest BCUT2D eigenvalue weighted by molar-refractivity contribution is 0.0863. The summed E-state index contributed by atoms with van der Waals surface area (Å²) >= 11 is 0. The lowest BCUT2D eigenvalue weighted by atomic mass is 9.80. The molecular weight excluding hydrogens is 222 g/mol. The first-order valence-corrected chi connectivity index (χ1v) is 7.09. The van der Waals surface area contributed by atoms with Crippen molar-refractivity contribution in [1.29, 1.82) is 0 Å². The molecule has 2 heterocycles. The number of hydrogen-bond donors (Lipinski definition) is 1. The van der Waals surface area contributed by atoms with E-state index in [2.05, 4.69) is 44.4 Å². The van der Waals surface area contributed by atoms with Crippen LogP contribution in [0.2, 0.25) is 0 Å². The van der Waals surface area contributed by atoms with Crippen LogP contribution in [-0.4, -0.2) is 19.3 Å². The van der Waals surface area contributed by atoms with Crippen molar-refractivity contribution in [3.8, 4) is 0 Å². The molecular formula is C16H23NO. The van der Waals surface area contributed by atoms with Crippen molar-refractivity contribution in [2.45, 2.75) is 51.4 Å². The molecule has 98 valence electrons. The maximum atomic E-state index is 6.00. The first-order valence-electron chi connectivity index (χ1n) is 7.09. The van der Waals surface area contributed by atoms with Crippen molar-refractivity contribution >= 4 is 0 Å². The Hall–Kier alpha value is -0.860. The van der Waals surface area contributed by atoms with Crippen molar-refractivity contribution in [1.82, 2.24) is 5.32 Å². The van der Waals surface area contributed by atoms with Gasteiger partial charge in [-0.15, -0.1) is 0 Å². The first-order chi connectivity index (χ1) is 8.69. The number of hydrogen-bond acceptors (Lipinski definition) is 2. The molecule has 2 bridgehead atoms. The average Bonchev–Trinajstić information content (AvgIpc) is 2.97. The van der Waals surface area contributed by atoms with E-state index in [0.29, 0.717) is 24.2 Å². The minimum atomic E-state index is 0.444. The summed E-state index contributed by atoms with van der Waals surface area (Å²) in [6.45, 7) is 4.37. The van der Waals surface area contributed by atoms with Gasteiger partial charge in [-0.25, -0.2) is 0 Å². The van der Waals surface area contributed by atoms with Crippen LogP contribution in [0.25, 0.3) is 0 Å². The van der Waals surface area contributed by atoms with Gasteiger partial charge in [0.1, 0.15) is 0 Å². The lowest BCUT2D eigenvalue weighted by Gasteiger charge is -2.29. The predicted octanol–water partition coefficient (Wildman–Crippen LogP) is 3.13. The molecule has 3 rings (SSSR count). The molecule has 2 heteroatoms. The van der Waals surface area contributed by atoms with Gasteiger partial charge in [0, 0.05) is 12.0 Å². The summed E-state index contributed by atoms with van der Waals surface area (Å²) in [6, 6.07) is 7.29. The van der Waals surface area contributed by atoms with Crippen molar-refractivity contribution in [2.24, 2.45) is 5.92 Å². The van der Waals surface area contributed by atoms with Crippen LogP contribution in [0.15, 0.2) is 18.2 Å². The van der Waals surface area contributed by atoms with Crippen LogP contribution >= 0.6 is 0 Å².